The number of hydrogen-bond donors (Lipinski definition) is 2. The average molecular weight is 756 g/mol. The number of carbonyl (C=O) groups excluding carboxylic acids is 1. The standard InChI is InChI=1S/C43H82NO7P/c1-3-5-7-9-11-13-15-17-19-21-22-24-26-28-30-32-34-36-43(45)51-42(41-50-52(46,47)49-39-37-44)40-48-38-35-33-31-29-27-25-23-20-18-16-14-12-10-8-6-4-2/h6,8,12,14,18,20,42H,3-5,7,9-11,13,15-17,19,21-41,44H2,1-2H3,(H,46,47)/b8-6-,14-12-,20-18-. The minimum absolute atomic E-state index is 0.0975. The van der Waals surface area contributed by atoms with Gasteiger partial charge >= 0.3 is 13.8 Å². The maximum absolute atomic E-state index is 12.6. The summed E-state index contributed by atoms with van der Waals surface area (Å²) < 4.78 is 33.4. The Labute approximate surface area is 320 Å². The fourth-order valence-corrected chi connectivity index (χ4v) is 6.72. The van der Waals surface area contributed by atoms with E-state index in [9.17, 15) is 14.3 Å². The summed E-state index contributed by atoms with van der Waals surface area (Å²) >= 11 is 0. The first-order valence-corrected chi connectivity index (χ1v) is 23.0. The van der Waals surface area contributed by atoms with Crippen LogP contribution in [0.15, 0.2) is 36.5 Å². The molecule has 0 aromatic rings. The summed E-state index contributed by atoms with van der Waals surface area (Å²) in [4.78, 5) is 22.5. The van der Waals surface area contributed by atoms with Crippen LogP contribution in [0.5, 0.6) is 0 Å². The third-order valence-corrected chi connectivity index (χ3v) is 10.1. The second kappa shape index (κ2) is 40.9. The highest BCUT2D eigenvalue weighted by molar-refractivity contribution is 7.47. The first-order chi connectivity index (χ1) is 25.4. The topological polar surface area (TPSA) is 117 Å². The molecule has 3 N–H and O–H groups in total. The fraction of sp³-hybridized carbons (Fsp3) is 0.837. The van der Waals surface area contributed by atoms with Crippen molar-refractivity contribution in [2.45, 2.75) is 200 Å². The summed E-state index contributed by atoms with van der Waals surface area (Å²) in [5, 5.41) is 0. The molecule has 0 aromatic heterocycles. The van der Waals surface area contributed by atoms with Gasteiger partial charge in [0.05, 0.1) is 19.8 Å². The Bertz CT molecular complexity index is 895. The number of allylic oxidation sites excluding steroid dienone is 6. The molecule has 0 saturated carbocycles. The highest BCUT2D eigenvalue weighted by atomic mass is 31.2. The zero-order valence-corrected chi connectivity index (χ0v) is 34.7. The van der Waals surface area contributed by atoms with Gasteiger partial charge in [0.1, 0.15) is 6.10 Å². The molecule has 306 valence electrons. The van der Waals surface area contributed by atoms with Gasteiger partial charge in [-0.05, 0) is 44.9 Å². The molecule has 9 heteroatoms. The normalized spacial score (nSPS) is 13.8. The molecule has 0 radical (unpaired) electrons. The molecule has 2 unspecified atom stereocenters. The van der Waals surface area contributed by atoms with Gasteiger partial charge in [0.2, 0.25) is 0 Å². The molecule has 0 amide bonds. The van der Waals surface area contributed by atoms with E-state index in [1.807, 2.05) is 0 Å². The molecule has 2 atom stereocenters. The van der Waals surface area contributed by atoms with Crippen LogP contribution in [0.4, 0.5) is 0 Å². The lowest BCUT2D eigenvalue weighted by molar-refractivity contribution is -0.154. The van der Waals surface area contributed by atoms with Crippen molar-refractivity contribution in [3.05, 3.63) is 36.5 Å². The van der Waals surface area contributed by atoms with E-state index in [2.05, 4.69) is 50.3 Å². The van der Waals surface area contributed by atoms with Crippen molar-refractivity contribution in [1.82, 2.24) is 0 Å². The molecular formula is C43H82NO7P. The molecule has 0 rings (SSSR count). The van der Waals surface area contributed by atoms with E-state index in [1.54, 1.807) is 0 Å². The Morgan fingerprint density at radius 1 is 0.596 bits per heavy atom. The highest BCUT2D eigenvalue weighted by Crippen LogP contribution is 2.43. The summed E-state index contributed by atoms with van der Waals surface area (Å²) in [5.74, 6) is -0.333. The van der Waals surface area contributed by atoms with Crippen molar-refractivity contribution in [2.75, 3.05) is 33.0 Å². The zero-order chi connectivity index (χ0) is 38.1. The molecule has 0 bridgehead atoms. The number of phosphoric acid groups is 1. The smallest absolute Gasteiger partial charge is 0.457 e. The largest absolute Gasteiger partial charge is 0.472 e. The van der Waals surface area contributed by atoms with Crippen LogP contribution in [0.2, 0.25) is 0 Å². The Balaban J connectivity index is 4.03. The van der Waals surface area contributed by atoms with Gasteiger partial charge in [0.25, 0.3) is 0 Å². The van der Waals surface area contributed by atoms with Crippen molar-refractivity contribution in [2.24, 2.45) is 5.73 Å². The van der Waals surface area contributed by atoms with Crippen LogP contribution in [0.25, 0.3) is 0 Å². The molecule has 0 fully saturated rings. The van der Waals surface area contributed by atoms with Crippen LogP contribution in [0.1, 0.15) is 194 Å². The van der Waals surface area contributed by atoms with Crippen LogP contribution >= 0.6 is 7.82 Å². The number of rotatable bonds is 41. The average Bonchev–Trinajstić information content (AvgIpc) is 3.13. The van der Waals surface area contributed by atoms with Crippen LogP contribution < -0.4 is 5.73 Å². The molecule has 0 aromatic carbocycles. The van der Waals surface area contributed by atoms with Crippen molar-refractivity contribution in [1.29, 1.82) is 0 Å². The number of carbonyl (C=O) groups is 1. The lowest BCUT2D eigenvalue weighted by Gasteiger charge is -2.20. The molecule has 52 heavy (non-hydrogen) atoms. The van der Waals surface area contributed by atoms with E-state index in [0.717, 1.165) is 64.2 Å². The van der Waals surface area contributed by atoms with E-state index >= 15 is 0 Å². The van der Waals surface area contributed by atoms with Gasteiger partial charge in [-0.3, -0.25) is 13.8 Å². The molecule has 0 aliphatic heterocycles. The number of hydrogen-bond acceptors (Lipinski definition) is 7. The molecule has 0 aliphatic carbocycles. The second-order valence-electron chi connectivity index (χ2n) is 14.2. The Morgan fingerprint density at radius 3 is 1.62 bits per heavy atom. The van der Waals surface area contributed by atoms with Gasteiger partial charge in [-0.2, -0.15) is 0 Å². The second-order valence-corrected chi connectivity index (χ2v) is 15.6. The third kappa shape index (κ3) is 39.9. The first-order valence-electron chi connectivity index (χ1n) is 21.5. The van der Waals surface area contributed by atoms with E-state index in [-0.39, 0.29) is 32.3 Å². The molecule has 0 heterocycles. The maximum Gasteiger partial charge on any atom is 0.472 e. The Kier molecular flexibility index (Phi) is 39.9. The lowest BCUT2D eigenvalue weighted by Crippen LogP contribution is -2.28. The molecular weight excluding hydrogens is 673 g/mol. The molecule has 8 nitrogen and oxygen atoms in total. The van der Waals surface area contributed by atoms with E-state index in [4.69, 9.17) is 24.3 Å². The number of esters is 1. The summed E-state index contributed by atoms with van der Waals surface area (Å²) in [6.45, 7) is 4.80. The van der Waals surface area contributed by atoms with Crippen molar-refractivity contribution < 1.29 is 32.8 Å². The lowest BCUT2D eigenvalue weighted by atomic mass is 10.0. The fourth-order valence-electron chi connectivity index (χ4n) is 5.95. The number of unbranched alkanes of at least 4 members (excludes halogenated alkanes) is 22. The van der Waals surface area contributed by atoms with Gasteiger partial charge in [0.15, 0.2) is 0 Å². The SMILES string of the molecule is CC/C=C\C/C=C\C/C=C\CCCCCCCCOCC(COP(=O)(O)OCCN)OC(=O)CCCCCCCCCCCCCCCCCCC. The van der Waals surface area contributed by atoms with Crippen molar-refractivity contribution in [3.8, 4) is 0 Å². The maximum atomic E-state index is 12.6. The van der Waals surface area contributed by atoms with Crippen LogP contribution in [-0.4, -0.2) is 49.9 Å². The third-order valence-electron chi connectivity index (χ3n) is 9.07. The molecule has 0 saturated heterocycles. The summed E-state index contributed by atoms with van der Waals surface area (Å²) in [5.41, 5.74) is 5.37. The predicted octanol–water partition coefficient (Wildman–Crippen LogP) is 12.6. The zero-order valence-electron chi connectivity index (χ0n) is 33.8. The first kappa shape index (κ1) is 50.7. The number of phosphoric ester groups is 1. The Morgan fingerprint density at radius 2 is 1.08 bits per heavy atom. The van der Waals surface area contributed by atoms with Gasteiger partial charge in [-0.1, -0.05) is 179 Å². The van der Waals surface area contributed by atoms with E-state index < -0.39 is 13.9 Å². The molecule has 0 spiro atoms. The number of nitrogens with two attached hydrogens (primary N) is 1. The minimum Gasteiger partial charge on any atom is -0.457 e. The summed E-state index contributed by atoms with van der Waals surface area (Å²) in [7, 11) is -4.28. The quantitative estimate of drug-likeness (QED) is 0.0274. The van der Waals surface area contributed by atoms with Gasteiger partial charge in [0, 0.05) is 19.6 Å². The van der Waals surface area contributed by atoms with E-state index in [1.165, 1.54) is 109 Å². The van der Waals surface area contributed by atoms with Gasteiger partial charge in [-0.15, -0.1) is 0 Å². The highest BCUT2D eigenvalue weighted by Gasteiger charge is 2.25. The predicted molar refractivity (Wildman–Crippen MR) is 220 cm³/mol. The van der Waals surface area contributed by atoms with Crippen molar-refractivity contribution >= 4 is 13.8 Å². The van der Waals surface area contributed by atoms with Gasteiger partial charge < -0.3 is 20.1 Å². The van der Waals surface area contributed by atoms with Crippen molar-refractivity contribution in [3.63, 3.8) is 0 Å². The van der Waals surface area contributed by atoms with Crippen LogP contribution in [0.3, 0.4) is 0 Å². The minimum atomic E-state index is -4.28. The molecule has 0 aliphatic rings. The van der Waals surface area contributed by atoms with E-state index in [0.29, 0.717) is 13.0 Å². The Hall–Kier alpha value is -1.28. The van der Waals surface area contributed by atoms with Crippen LogP contribution in [0, 0.1) is 0 Å². The summed E-state index contributed by atoms with van der Waals surface area (Å²) in [6, 6.07) is 0. The monoisotopic (exact) mass is 756 g/mol. The van der Waals surface area contributed by atoms with Gasteiger partial charge in [-0.25, -0.2) is 4.57 Å². The number of ether oxygens (including phenoxy) is 2. The summed E-state index contributed by atoms with van der Waals surface area (Å²) in [6.07, 6.45) is 45.9. The van der Waals surface area contributed by atoms with Crippen LogP contribution in [-0.2, 0) is 27.9 Å².